The van der Waals surface area contributed by atoms with E-state index >= 15 is 0 Å². The van der Waals surface area contributed by atoms with E-state index in [1.165, 1.54) is 0 Å². The van der Waals surface area contributed by atoms with Gasteiger partial charge in [-0.15, -0.1) is 0 Å². The van der Waals surface area contributed by atoms with Crippen molar-refractivity contribution in [3.05, 3.63) is 89.1 Å². The van der Waals surface area contributed by atoms with Gasteiger partial charge in [-0.1, -0.05) is 29.8 Å². The summed E-state index contributed by atoms with van der Waals surface area (Å²) in [5, 5.41) is 2.98. The van der Waals surface area contributed by atoms with Crippen LogP contribution in [0.1, 0.15) is 11.1 Å². The first-order valence-electron chi connectivity index (χ1n) is 10.2. The first-order chi connectivity index (χ1) is 15.9. The van der Waals surface area contributed by atoms with Gasteiger partial charge in [0.05, 0.1) is 11.3 Å². The van der Waals surface area contributed by atoms with Gasteiger partial charge in [-0.05, 0) is 36.8 Å². The minimum atomic E-state index is -0.887. The van der Waals surface area contributed by atoms with Crippen LogP contribution in [-0.2, 0) is 9.59 Å². The third-order valence-corrected chi connectivity index (χ3v) is 5.38. The van der Waals surface area contributed by atoms with Crippen molar-refractivity contribution in [2.45, 2.75) is 6.92 Å². The molecule has 3 aromatic rings. The van der Waals surface area contributed by atoms with Crippen LogP contribution in [0.5, 0.6) is 11.5 Å². The second-order valence-corrected chi connectivity index (χ2v) is 7.64. The van der Waals surface area contributed by atoms with Crippen LogP contribution in [0.15, 0.2) is 66.4 Å². The van der Waals surface area contributed by atoms with Crippen molar-refractivity contribution in [1.82, 2.24) is 0 Å². The number of ether oxygens (including phenoxy) is 2. The molecule has 3 aromatic carbocycles. The van der Waals surface area contributed by atoms with E-state index in [0.29, 0.717) is 40.9 Å². The summed E-state index contributed by atoms with van der Waals surface area (Å²) in [6.45, 7) is 2.71. The van der Waals surface area contributed by atoms with Gasteiger partial charge in [0.15, 0.2) is 11.5 Å². The van der Waals surface area contributed by atoms with E-state index in [2.05, 4.69) is 5.32 Å². The van der Waals surface area contributed by atoms with E-state index < -0.39 is 29.1 Å². The molecule has 2 aliphatic rings. The van der Waals surface area contributed by atoms with Gasteiger partial charge in [0.2, 0.25) is 0 Å². The van der Waals surface area contributed by atoms with E-state index in [4.69, 9.17) is 9.47 Å². The number of halogens is 2. The summed E-state index contributed by atoms with van der Waals surface area (Å²) in [7, 11) is 0. The Morgan fingerprint density at radius 1 is 0.848 bits per heavy atom. The fourth-order valence-corrected chi connectivity index (χ4v) is 3.78. The Hall–Kier alpha value is -4.20. The predicted molar refractivity (Wildman–Crippen MR) is 118 cm³/mol. The van der Waals surface area contributed by atoms with Crippen molar-refractivity contribution in [2.24, 2.45) is 0 Å². The molecule has 6 nitrogen and oxygen atoms in total. The maximum Gasteiger partial charge on any atom is 0.282 e. The zero-order valence-electron chi connectivity index (χ0n) is 17.5. The highest BCUT2D eigenvalue weighted by Gasteiger charge is 2.41. The van der Waals surface area contributed by atoms with Gasteiger partial charge >= 0.3 is 0 Å². The minimum absolute atomic E-state index is 0.0517. The highest BCUT2D eigenvalue weighted by Crippen LogP contribution is 2.37. The number of carbonyl (C=O) groups is 2. The molecule has 2 amide bonds. The van der Waals surface area contributed by atoms with Gasteiger partial charge in [0, 0.05) is 17.8 Å². The summed E-state index contributed by atoms with van der Waals surface area (Å²) >= 11 is 0. The number of amides is 2. The van der Waals surface area contributed by atoms with Crippen LogP contribution in [0.25, 0.3) is 5.57 Å². The van der Waals surface area contributed by atoms with Crippen LogP contribution in [0.2, 0.25) is 0 Å². The standard InChI is InChI=1S/C25H18F2N2O4/c1-14-2-4-15(5-3-14)22-23(28-17-7-9-20-21(13-17)33-11-10-32-20)25(31)29(24(22)30)19-12-16(26)6-8-18(19)27/h2-9,12-13,28H,10-11H2,1H3. The molecule has 0 radical (unpaired) electrons. The Kier molecular flexibility index (Phi) is 5.05. The molecule has 5 rings (SSSR count). The van der Waals surface area contributed by atoms with Gasteiger partial charge in [0.1, 0.15) is 30.5 Å². The molecule has 0 bridgehead atoms. The fourth-order valence-electron chi connectivity index (χ4n) is 3.78. The summed E-state index contributed by atoms with van der Waals surface area (Å²) in [5.41, 5.74) is 1.46. The van der Waals surface area contributed by atoms with Crippen LogP contribution in [0.3, 0.4) is 0 Å². The number of anilines is 2. The number of fused-ring (bicyclic) bond motifs is 1. The lowest BCUT2D eigenvalue weighted by Crippen LogP contribution is -2.33. The Balaban J connectivity index is 1.60. The number of nitrogens with one attached hydrogen (secondary N) is 1. The molecule has 1 N–H and O–H groups in total. The Morgan fingerprint density at radius 3 is 2.33 bits per heavy atom. The molecule has 0 atom stereocenters. The molecule has 0 unspecified atom stereocenters. The Morgan fingerprint density at radius 2 is 1.58 bits per heavy atom. The number of hydrogen-bond donors (Lipinski definition) is 1. The zero-order chi connectivity index (χ0) is 23.1. The first kappa shape index (κ1) is 20.7. The highest BCUT2D eigenvalue weighted by atomic mass is 19.1. The van der Waals surface area contributed by atoms with Crippen molar-refractivity contribution in [3.8, 4) is 11.5 Å². The third-order valence-electron chi connectivity index (χ3n) is 5.38. The van der Waals surface area contributed by atoms with Crippen molar-refractivity contribution in [3.63, 3.8) is 0 Å². The number of aryl methyl sites for hydroxylation is 1. The number of benzene rings is 3. The van der Waals surface area contributed by atoms with Crippen molar-refractivity contribution >= 4 is 28.8 Å². The molecule has 0 aliphatic carbocycles. The molecule has 0 spiro atoms. The van der Waals surface area contributed by atoms with E-state index in [-0.39, 0.29) is 11.3 Å². The molecular formula is C25H18F2N2O4. The molecule has 0 fully saturated rings. The lowest BCUT2D eigenvalue weighted by atomic mass is 10.0. The molecule has 0 saturated carbocycles. The quantitative estimate of drug-likeness (QED) is 0.598. The summed E-state index contributed by atoms with van der Waals surface area (Å²) < 4.78 is 39.5. The van der Waals surface area contributed by atoms with E-state index in [1.54, 1.807) is 42.5 Å². The average Bonchev–Trinajstić information content (AvgIpc) is 3.05. The number of nitrogens with zero attached hydrogens (tertiary/aromatic N) is 1. The topological polar surface area (TPSA) is 67.9 Å². The summed E-state index contributed by atoms with van der Waals surface area (Å²) in [4.78, 5) is 27.4. The highest BCUT2D eigenvalue weighted by molar-refractivity contribution is 6.46. The largest absolute Gasteiger partial charge is 0.486 e. The zero-order valence-corrected chi connectivity index (χ0v) is 17.5. The predicted octanol–water partition coefficient (Wildman–Crippen LogP) is 4.44. The van der Waals surface area contributed by atoms with Crippen molar-refractivity contribution < 1.29 is 27.8 Å². The first-order valence-corrected chi connectivity index (χ1v) is 10.2. The molecule has 2 heterocycles. The number of rotatable bonds is 4. The van der Waals surface area contributed by atoms with Crippen LogP contribution >= 0.6 is 0 Å². The van der Waals surface area contributed by atoms with Crippen LogP contribution in [0.4, 0.5) is 20.2 Å². The molecule has 8 heteroatoms. The minimum Gasteiger partial charge on any atom is -0.486 e. The lowest BCUT2D eigenvalue weighted by molar-refractivity contribution is -0.120. The maximum absolute atomic E-state index is 14.5. The second-order valence-electron chi connectivity index (χ2n) is 7.64. The maximum atomic E-state index is 14.5. The molecule has 33 heavy (non-hydrogen) atoms. The number of imide groups is 1. The van der Waals surface area contributed by atoms with E-state index in [1.807, 2.05) is 6.92 Å². The molecule has 2 aliphatic heterocycles. The van der Waals surface area contributed by atoms with Crippen molar-refractivity contribution in [1.29, 1.82) is 0 Å². The SMILES string of the molecule is Cc1ccc(C2=C(Nc3ccc4c(c3)OCCO4)C(=O)N(c3cc(F)ccc3F)C2=O)cc1. The summed E-state index contributed by atoms with van der Waals surface area (Å²) in [6.07, 6.45) is 0. The third kappa shape index (κ3) is 3.69. The fraction of sp³-hybridized carbons (Fsp3) is 0.120. The van der Waals surface area contributed by atoms with Gasteiger partial charge < -0.3 is 14.8 Å². The van der Waals surface area contributed by atoms with Crippen LogP contribution < -0.4 is 19.7 Å². The molecule has 0 saturated heterocycles. The van der Waals surface area contributed by atoms with Gasteiger partial charge in [-0.25, -0.2) is 13.7 Å². The smallest absolute Gasteiger partial charge is 0.282 e. The monoisotopic (exact) mass is 448 g/mol. The normalized spacial score (nSPS) is 15.3. The Bertz CT molecular complexity index is 1320. The number of hydrogen-bond acceptors (Lipinski definition) is 5. The second kappa shape index (κ2) is 8.05. The van der Waals surface area contributed by atoms with Crippen LogP contribution in [-0.4, -0.2) is 25.0 Å². The number of carbonyl (C=O) groups excluding carboxylic acids is 2. The Labute approximate surface area is 188 Å². The summed E-state index contributed by atoms with van der Waals surface area (Å²) in [6, 6.07) is 14.6. The van der Waals surface area contributed by atoms with Crippen LogP contribution in [0, 0.1) is 18.6 Å². The van der Waals surface area contributed by atoms with Gasteiger partial charge in [-0.2, -0.15) is 0 Å². The summed E-state index contributed by atoms with van der Waals surface area (Å²) in [5.74, 6) is -2.15. The molecule has 166 valence electrons. The van der Waals surface area contributed by atoms with Gasteiger partial charge in [0.25, 0.3) is 11.8 Å². The lowest BCUT2D eigenvalue weighted by Gasteiger charge is -2.19. The van der Waals surface area contributed by atoms with Gasteiger partial charge in [-0.3, -0.25) is 9.59 Å². The average molecular weight is 448 g/mol. The molecule has 0 aromatic heterocycles. The van der Waals surface area contributed by atoms with E-state index in [0.717, 1.165) is 23.8 Å². The van der Waals surface area contributed by atoms with E-state index in [9.17, 15) is 18.4 Å². The van der Waals surface area contributed by atoms with Crippen molar-refractivity contribution in [2.75, 3.05) is 23.4 Å². The molecular weight excluding hydrogens is 430 g/mol.